The molecular formula is C18H25ClN4O. The van der Waals surface area contributed by atoms with Crippen molar-refractivity contribution in [3.63, 3.8) is 0 Å². The van der Waals surface area contributed by atoms with E-state index >= 15 is 0 Å². The van der Waals surface area contributed by atoms with Crippen molar-refractivity contribution in [2.45, 2.75) is 19.8 Å². The fourth-order valence-corrected chi connectivity index (χ4v) is 3.31. The van der Waals surface area contributed by atoms with Crippen LogP contribution in [-0.4, -0.2) is 35.3 Å². The average molecular weight is 349 g/mol. The molecule has 130 valence electrons. The van der Waals surface area contributed by atoms with Gasteiger partial charge in [0.25, 0.3) is 0 Å². The predicted molar refractivity (Wildman–Crippen MR) is 98.8 cm³/mol. The molecule has 0 radical (unpaired) electrons. The summed E-state index contributed by atoms with van der Waals surface area (Å²) >= 11 is 0. The van der Waals surface area contributed by atoms with E-state index in [0.717, 1.165) is 24.3 Å². The summed E-state index contributed by atoms with van der Waals surface area (Å²) in [6.45, 7) is 6.31. The summed E-state index contributed by atoms with van der Waals surface area (Å²) < 4.78 is 1.80. The monoisotopic (exact) mass is 348 g/mol. The van der Waals surface area contributed by atoms with Gasteiger partial charge in [-0.15, -0.1) is 12.4 Å². The van der Waals surface area contributed by atoms with E-state index in [9.17, 15) is 4.79 Å². The Morgan fingerprint density at radius 1 is 1.33 bits per heavy atom. The Bertz CT molecular complexity index is 683. The molecule has 1 aromatic carbocycles. The van der Waals surface area contributed by atoms with Gasteiger partial charge < -0.3 is 10.2 Å². The van der Waals surface area contributed by atoms with Crippen LogP contribution in [0.1, 0.15) is 24.0 Å². The zero-order valence-corrected chi connectivity index (χ0v) is 15.2. The molecule has 2 aromatic rings. The highest BCUT2D eigenvalue weighted by atomic mass is 35.5. The van der Waals surface area contributed by atoms with Gasteiger partial charge in [0.2, 0.25) is 5.91 Å². The Balaban J connectivity index is 0.00000208. The molecule has 2 heterocycles. The maximum Gasteiger partial charge on any atom is 0.232 e. The van der Waals surface area contributed by atoms with Crippen LogP contribution < -0.4 is 10.2 Å². The van der Waals surface area contributed by atoms with Crippen molar-refractivity contribution in [2.75, 3.05) is 24.5 Å². The maximum absolute atomic E-state index is 13.1. The van der Waals surface area contributed by atoms with Crippen molar-refractivity contribution < 1.29 is 4.79 Å². The number of nitrogens with zero attached hydrogens (tertiary/aromatic N) is 3. The summed E-state index contributed by atoms with van der Waals surface area (Å²) in [6.07, 6.45) is 3.89. The van der Waals surface area contributed by atoms with E-state index in [0.29, 0.717) is 6.54 Å². The van der Waals surface area contributed by atoms with Gasteiger partial charge in [-0.2, -0.15) is 5.10 Å². The van der Waals surface area contributed by atoms with Gasteiger partial charge in [0.05, 0.1) is 12.1 Å². The quantitative estimate of drug-likeness (QED) is 0.923. The summed E-state index contributed by atoms with van der Waals surface area (Å²) in [7, 11) is 1.91. The van der Waals surface area contributed by atoms with Crippen molar-refractivity contribution in [1.82, 2.24) is 15.1 Å². The highest BCUT2D eigenvalue weighted by Gasteiger charge is 2.37. The number of carbonyl (C=O) groups is 1. The molecule has 2 atom stereocenters. The topological polar surface area (TPSA) is 50.2 Å². The number of amides is 1. The van der Waals surface area contributed by atoms with E-state index in [-0.39, 0.29) is 30.2 Å². The Morgan fingerprint density at radius 3 is 2.62 bits per heavy atom. The zero-order valence-electron chi connectivity index (χ0n) is 14.4. The van der Waals surface area contributed by atoms with Gasteiger partial charge >= 0.3 is 0 Å². The Morgan fingerprint density at radius 2 is 2.04 bits per heavy atom. The van der Waals surface area contributed by atoms with E-state index in [1.165, 1.54) is 5.56 Å². The number of aryl methyl sites for hydroxylation is 2. The van der Waals surface area contributed by atoms with Crippen LogP contribution in [0.15, 0.2) is 36.7 Å². The van der Waals surface area contributed by atoms with Gasteiger partial charge in [-0.25, -0.2) is 0 Å². The predicted octanol–water partition coefficient (Wildman–Crippen LogP) is 2.51. The van der Waals surface area contributed by atoms with Crippen LogP contribution >= 0.6 is 12.4 Å². The third-order valence-corrected chi connectivity index (χ3v) is 4.61. The summed E-state index contributed by atoms with van der Waals surface area (Å²) in [5, 5.41) is 7.62. The molecule has 0 aliphatic carbocycles. The second-order valence-corrected chi connectivity index (χ2v) is 6.24. The van der Waals surface area contributed by atoms with E-state index in [2.05, 4.69) is 29.5 Å². The fourth-order valence-electron chi connectivity index (χ4n) is 3.31. The minimum Gasteiger partial charge on any atom is -0.315 e. The highest BCUT2D eigenvalue weighted by Crippen LogP contribution is 2.30. The first kappa shape index (κ1) is 18.5. The standard InChI is InChI=1S/C18H24N4O.ClH/c1-4-22(15-7-5-13(2)6-8-15)18(23)17-11-19-10-16(17)14-9-20-21(3)12-14;/h5-9,12,16-17,19H,4,10-11H2,1-3H3;1H/t16-,17+;/m1./s1. The van der Waals surface area contributed by atoms with Gasteiger partial charge in [0.1, 0.15) is 0 Å². The molecule has 6 heteroatoms. The molecule has 1 N–H and O–H groups in total. The third kappa shape index (κ3) is 3.62. The van der Waals surface area contributed by atoms with Crippen molar-refractivity contribution >= 4 is 24.0 Å². The number of hydrogen-bond donors (Lipinski definition) is 1. The Labute approximate surface area is 149 Å². The molecule has 1 fully saturated rings. The maximum atomic E-state index is 13.1. The van der Waals surface area contributed by atoms with Gasteiger partial charge in [-0.05, 0) is 31.5 Å². The lowest BCUT2D eigenvalue weighted by Gasteiger charge is -2.27. The first-order chi connectivity index (χ1) is 11.1. The lowest BCUT2D eigenvalue weighted by Crippen LogP contribution is -2.38. The van der Waals surface area contributed by atoms with Gasteiger partial charge in [-0.3, -0.25) is 9.48 Å². The lowest BCUT2D eigenvalue weighted by atomic mass is 9.89. The molecular weight excluding hydrogens is 324 g/mol. The van der Waals surface area contributed by atoms with Crippen molar-refractivity contribution in [3.8, 4) is 0 Å². The molecule has 1 aliphatic heterocycles. The molecule has 1 aromatic heterocycles. The SMILES string of the molecule is CCN(C(=O)[C@H]1CNC[C@@H]1c1cnn(C)c1)c1ccc(C)cc1.Cl. The number of halogens is 1. The van der Waals surface area contributed by atoms with Gasteiger partial charge in [0, 0.05) is 44.5 Å². The number of anilines is 1. The third-order valence-electron chi connectivity index (χ3n) is 4.61. The van der Waals surface area contributed by atoms with Crippen molar-refractivity contribution in [1.29, 1.82) is 0 Å². The Kier molecular flexibility index (Phi) is 6.02. The van der Waals surface area contributed by atoms with E-state index < -0.39 is 0 Å². The molecule has 0 spiro atoms. The van der Waals surface area contributed by atoms with Crippen LogP contribution in [0, 0.1) is 12.8 Å². The van der Waals surface area contributed by atoms with Crippen molar-refractivity contribution in [2.24, 2.45) is 13.0 Å². The molecule has 0 bridgehead atoms. The van der Waals surface area contributed by atoms with Crippen LogP contribution in [-0.2, 0) is 11.8 Å². The van der Waals surface area contributed by atoms with Crippen LogP contribution in [0.4, 0.5) is 5.69 Å². The van der Waals surface area contributed by atoms with Crippen molar-refractivity contribution in [3.05, 3.63) is 47.8 Å². The molecule has 1 aliphatic rings. The number of nitrogens with one attached hydrogen (secondary N) is 1. The molecule has 24 heavy (non-hydrogen) atoms. The molecule has 0 unspecified atom stereocenters. The smallest absolute Gasteiger partial charge is 0.232 e. The lowest BCUT2D eigenvalue weighted by molar-refractivity contribution is -0.122. The minimum absolute atomic E-state index is 0. The number of carbonyl (C=O) groups excluding carboxylic acids is 1. The summed E-state index contributed by atoms with van der Waals surface area (Å²) in [5.41, 5.74) is 3.31. The molecule has 5 nitrogen and oxygen atoms in total. The Hall–Kier alpha value is -1.85. The van der Waals surface area contributed by atoms with Gasteiger partial charge in [-0.1, -0.05) is 17.7 Å². The first-order valence-electron chi connectivity index (χ1n) is 8.17. The van der Waals surface area contributed by atoms with Crippen LogP contribution in [0.2, 0.25) is 0 Å². The zero-order chi connectivity index (χ0) is 16.4. The normalized spacial score (nSPS) is 19.8. The number of rotatable bonds is 4. The summed E-state index contributed by atoms with van der Waals surface area (Å²) in [5.74, 6) is 0.339. The highest BCUT2D eigenvalue weighted by molar-refractivity contribution is 5.96. The van der Waals surface area contributed by atoms with E-state index in [1.54, 1.807) is 4.68 Å². The van der Waals surface area contributed by atoms with Gasteiger partial charge in [0.15, 0.2) is 0 Å². The van der Waals surface area contributed by atoms with E-state index in [4.69, 9.17) is 0 Å². The molecule has 3 rings (SSSR count). The summed E-state index contributed by atoms with van der Waals surface area (Å²) in [4.78, 5) is 15.0. The second kappa shape index (κ2) is 7.81. The first-order valence-corrected chi connectivity index (χ1v) is 8.17. The van der Waals surface area contributed by atoms with E-state index in [1.807, 2.05) is 43.4 Å². The molecule has 0 saturated carbocycles. The minimum atomic E-state index is -0.0412. The molecule has 1 amide bonds. The number of aromatic nitrogens is 2. The van der Waals surface area contributed by atoms with Crippen LogP contribution in [0.3, 0.4) is 0 Å². The van der Waals surface area contributed by atoms with Crippen LogP contribution in [0.5, 0.6) is 0 Å². The fraction of sp³-hybridized carbons (Fsp3) is 0.444. The summed E-state index contributed by atoms with van der Waals surface area (Å²) in [6, 6.07) is 8.16. The van der Waals surface area contributed by atoms with Crippen LogP contribution in [0.25, 0.3) is 0 Å². The molecule has 1 saturated heterocycles. The number of hydrogen-bond acceptors (Lipinski definition) is 3. The average Bonchev–Trinajstić information content (AvgIpc) is 3.18. The second-order valence-electron chi connectivity index (χ2n) is 6.24. The largest absolute Gasteiger partial charge is 0.315 e. The number of benzene rings is 1.